The van der Waals surface area contributed by atoms with Crippen molar-refractivity contribution in [2.45, 2.75) is 20.0 Å². The summed E-state index contributed by atoms with van der Waals surface area (Å²) in [5.74, 6) is -1.90. The molecule has 0 bridgehead atoms. The fraction of sp³-hybridized carbons (Fsp3) is 0.167. The monoisotopic (exact) mass is 372 g/mol. The van der Waals surface area contributed by atoms with Gasteiger partial charge in [-0.1, -0.05) is 18.2 Å². The topological polar surface area (TPSA) is 112 Å². The van der Waals surface area contributed by atoms with E-state index in [-0.39, 0.29) is 11.3 Å². The summed E-state index contributed by atoms with van der Waals surface area (Å²) in [4.78, 5) is 35.9. The fourth-order valence-electron chi connectivity index (χ4n) is 2.45. The van der Waals surface area contributed by atoms with Gasteiger partial charge in [-0.2, -0.15) is 0 Å². The zero-order valence-electron chi connectivity index (χ0n) is 14.1. The van der Waals surface area contributed by atoms with E-state index in [0.717, 1.165) is 16.7 Å². The van der Waals surface area contributed by atoms with Crippen LogP contribution in [0.4, 0.5) is 5.00 Å². The molecule has 7 nitrogen and oxygen atoms in total. The van der Waals surface area contributed by atoms with E-state index in [0.29, 0.717) is 16.1 Å². The lowest BCUT2D eigenvalue weighted by atomic mass is 10.1. The molecule has 2 heterocycles. The molecule has 3 N–H and O–H groups in total. The Hall–Kier alpha value is -3.13. The van der Waals surface area contributed by atoms with Gasteiger partial charge in [-0.25, -0.2) is 4.79 Å². The number of fused-ring (bicyclic) bond motifs is 1. The van der Waals surface area contributed by atoms with Crippen LogP contribution in [0.25, 0.3) is 11.0 Å². The number of anilines is 1. The van der Waals surface area contributed by atoms with E-state index >= 15 is 0 Å². The number of ether oxygens (including phenoxy) is 1. The Balaban J connectivity index is 1.72. The first-order valence-electron chi connectivity index (χ1n) is 7.75. The first kappa shape index (κ1) is 17.7. The summed E-state index contributed by atoms with van der Waals surface area (Å²) in [5.41, 5.74) is 6.66. The standard InChI is InChI=1S/C18H16N2O5S/c1-9-11-5-3-4-6-13(11)25-14(9)18(23)24-10(2)16(22)20-17-12(15(19)21)7-8-26-17/h3-8,10H,1-2H3,(H2,19,21)(H,20,22)/t10-/m0/s1. The predicted octanol–water partition coefficient (Wildman–Crippen LogP) is 3.09. The van der Waals surface area contributed by atoms with E-state index in [4.69, 9.17) is 14.9 Å². The summed E-state index contributed by atoms with van der Waals surface area (Å²) < 4.78 is 10.7. The molecule has 0 aliphatic heterocycles. The molecule has 134 valence electrons. The average molecular weight is 372 g/mol. The fourth-order valence-corrected chi connectivity index (χ4v) is 3.25. The van der Waals surface area contributed by atoms with Gasteiger partial charge < -0.3 is 20.2 Å². The Labute approximate surface area is 152 Å². The van der Waals surface area contributed by atoms with Crippen LogP contribution in [0, 0.1) is 6.92 Å². The lowest BCUT2D eigenvalue weighted by molar-refractivity contribution is -0.123. The van der Waals surface area contributed by atoms with Crippen LogP contribution in [0.15, 0.2) is 40.1 Å². The predicted molar refractivity (Wildman–Crippen MR) is 97.3 cm³/mol. The van der Waals surface area contributed by atoms with Crippen molar-refractivity contribution in [2.75, 3.05) is 5.32 Å². The Bertz CT molecular complexity index is 1000. The number of benzene rings is 1. The van der Waals surface area contributed by atoms with Crippen LogP contribution >= 0.6 is 11.3 Å². The van der Waals surface area contributed by atoms with E-state index in [1.165, 1.54) is 13.0 Å². The minimum absolute atomic E-state index is 0.0554. The highest BCUT2D eigenvalue weighted by atomic mass is 32.1. The maximum absolute atomic E-state index is 12.4. The Morgan fingerprint density at radius 1 is 1.23 bits per heavy atom. The van der Waals surface area contributed by atoms with Gasteiger partial charge in [0.2, 0.25) is 5.76 Å². The van der Waals surface area contributed by atoms with Gasteiger partial charge in [-0.05, 0) is 31.4 Å². The lowest BCUT2D eigenvalue weighted by Crippen LogP contribution is -2.30. The van der Waals surface area contributed by atoms with Crippen LogP contribution in [-0.2, 0) is 9.53 Å². The molecule has 2 aromatic heterocycles. The van der Waals surface area contributed by atoms with E-state index in [1.807, 2.05) is 12.1 Å². The molecule has 1 atom stereocenters. The highest BCUT2D eigenvalue weighted by Gasteiger charge is 2.25. The molecule has 0 radical (unpaired) electrons. The molecule has 0 unspecified atom stereocenters. The molecule has 0 aliphatic rings. The number of nitrogens with two attached hydrogens (primary N) is 1. The summed E-state index contributed by atoms with van der Waals surface area (Å²) in [7, 11) is 0. The van der Waals surface area contributed by atoms with E-state index < -0.39 is 23.9 Å². The number of para-hydroxylation sites is 1. The van der Waals surface area contributed by atoms with Gasteiger partial charge in [0.25, 0.3) is 11.8 Å². The Kier molecular flexibility index (Phi) is 4.77. The lowest BCUT2D eigenvalue weighted by Gasteiger charge is -2.12. The average Bonchev–Trinajstić information content (AvgIpc) is 3.20. The van der Waals surface area contributed by atoms with Crippen molar-refractivity contribution >= 4 is 45.1 Å². The zero-order chi connectivity index (χ0) is 18.8. The summed E-state index contributed by atoms with van der Waals surface area (Å²) in [5, 5.41) is 5.29. The van der Waals surface area contributed by atoms with Gasteiger partial charge in [0.1, 0.15) is 10.6 Å². The van der Waals surface area contributed by atoms with Crippen LogP contribution in [0.5, 0.6) is 0 Å². The minimum Gasteiger partial charge on any atom is -0.449 e. The highest BCUT2D eigenvalue weighted by molar-refractivity contribution is 7.14. The number of hydrogen-bond donors (Lipinski definition) is 2. The number of rotatable bonds is 5. The van der Waals surface area contributed by atoms with Gasteiger partial charge in [0, 0.05) is 10.9 Å². The van der Waals surface area contributed by atoms with Crippen LogP contribution in [-0.4, -0.2) is 23.9 Å². The molecular weight excluding hydrogens is 356 g/mol. The van der Waals surface area contributed by atoms with Crippen molar-refractivity contribution in [3.63, 3.8) is 0 Å². The second kappa shape index (κ2) is 7.01. The van der Waals surface area contributed by atoms with Crippen LogP contribution in [0.2, 0.25) is 0 Å². The molecule has 3 aromatic rings. The number of primary amides is 1. The molecule has 0 saturated heterocycles. The van der Waals surface area contributed by atoms with Crippen molar-refractivity contribution in [1.82, 2.24) is 0 Å². The van der Waals surface area contributed by atoms with Crippen LogP contribution in [0.3, 0.4) is 0 Å². The number of amides is 2. The van der Waals surface area contributed by atoms with Crippen molar-refractivity contribution < 1.29 is 23.5 Å². The van der Waals surface area contributed by atoms with Crippen molar-refractivity contribution in [1.29, 1.82) is 0 Å². The molecule has 3 rings (SSSR count). The molecule has 1 aromatic carbocycles. The van der Waals surface area contributed by atoms with Gasteiger partial charge >= 0.3 is 5.97 Å². The van der Waals surface area contributed by atoms with Gasteiger partial charge in [-0.15, -0.1) is 11.3 Å². The molecular formula is C18H16N2O5S. The molecule has 0 saturated carbocycles. The molecule has 0 aliphatic carbocycles. The molecule has 2 amide bonds. The maximum atomic E-state index is 12.4. The van der Waals surface area contributed by atoms with Gasteiger partial charge in [-0.3, -0.25) is 9.59 Å². The van der Waals surface area contributed by atoms with E-state index in [2.05, 4.69) is 5.32 Å². The normalized spacial score (nSPS) is 11.9. The first-order valence-corrected chi connectivity index (χ1v) is 8.63. The molecule has 0 fully saturated rings. The van der Waals surface area contributed by atoms with Crippen molar-refractivity contribution in [3.05, 3.63) is 52.6 Å². The number of esters is 1. The number of hydrogen-bond acceptors (Lipinski definition) is 6. The van der Waals surface area contributed by atoms with Crippen molar-refractivity contribution in [2.24, 2.45) is 5.73 Å². The third-order valence-electron chi connectivity index (χ3n) is 3.85. The first-order chi connectivity index (χ1) is 12.4. The van der Waals surface area contributed by atoms with Gasteiger partial charge in [0.05, 0.1) is 5.56 Å². The Morgan fingerprint density at radius 3 is 2.65 bits per heavy atom. The zero-order valence-corrected chi connectivity index (χ0v) is 14.9. The number of furan rings is 1. The molecule has 8 heteroatoms. The summed E-state index contributed by atoms with van der Waals surface area (Å²) in [6.45, 7) is 3.18. The third kappa shape index (κ3) is 3.31. The van der Waals surface area contributed by atoms with Crippen LogP contribution in [0.1, 0.15) is 33.4 Å². The summed E-state index contributed by atoms with van der Waals surface area (Å²) in [6, 6.07) is 8.73. The SMILES string of the molecule is Cc1c(C(=O)O[C@@H](C)C(=O)Nc2sccc2C(N)=O)oc2ccccc12. The second-order valence-corrected chi connectivity index (χ2v) is 6.53. The molecule has 26 heavy (non-hydrogen) atoms. The number of thiophene rings is 1. The molecule has 0 spiro atoms. The smallest absolute Gasteiger partial charge is 0.375 e. The van der Waals surface area contributed by atoms with E-state index in [9.17, 15) is 14.4 Å². The largest absolute Gasteiger partial charge is 0.449 e. The number of nitrogens with one attached hydrogen (secondary N) is 1. The summed E-state index contributed by atoms with van der Waals surface area (Å²) in [6.07, 6.45) is -1.09. The number of aryl methyl sites for hydroxylation is 1. The second-order valence-electron chi connectivity index (χ2n) is 5.62. The maximum Gasteiger partial charge on any atom is 0.375 e. The van der Waals surface area contributed by atoms with E-state index in [1.54, 1.807) is 24.4 Å². The number of carbonyl (C=O) groups is 3. The third-order valence-corrected chi connectivity index (χ3v) is 4.68. The number of carbonyl (C=O) groups excluding carboxylic acids is 3. The van der Waals surface area contributed by atoms with Crippen molar-refractivity contribution in [3.8, 4) is 0 Å². The minimum atomic E-state index is -1.09. The highest BCUT2D eigenvalue weighted by Crippen LogP contribution is 2.26. The quantitative estimate of drug-likeness (QED) is 0.669. The Morgan fingerprint density at radius 2 is 1.96 bits per heavy atom. The van der Waals surface area contributed by atoms with Gasteiger partial charge in [0.15, 0.2) is 6.10 Å². The summed E-state index contributed by atoms with van der Waals surface area (Å²) >= 11 is 1.15. The van der Waals surface area contributed by atoms with Crippen LogP contribution < -0.4 is 11.1 Å².